The third kappa shape index (κ3) is 5.36. The normalized spacial score (nSPS) is 15.5. The molecule has 1 aliphatic heterocycles. The van der Waals surface area contributed by atoms with Gasteiger partial charge in [-0.2, -0.15) is 18.2 Å². The third-order valence-electron chi connectivity index (χ3n) is 6.53. The minimum Gasteiger partial charge on any atom is -0.378 e. The van der Waals surface area contributed by atoms with Crippen LogP contribution in [0.4, 0.5) is 30.5 Å². The monoisotopic (exact) mass is 540 g/mol. The third-order valence-corrected chi connectivity index (χ3v) is 6.53. The number of benzene rings is 1. The van der Waals surface area contributed by atoms with Gasteiger partial charge >= 0.3 is 6.18 Å². The fourth-order valence-electron chi connectivity index (χ4n) is 4.44. The summed E-state index contributed by atoms with van der Waals surface area (Å²) in [6.45, 7) is 7.57. The maximum absolute atomic E-state index is 13.1. The van der Waals surface area contributed by atoms with Crippen molar-refractivity contribution in [3.05, 3.63) is 77.4 Å². The van der Waals surface area contributed by atoms with Crippen LogP contribution >= 0.6 is 0 Å². The molecule has 2 N–H and O–H groups in total. The smallest absolute Gasteiger partial charge is 0.378 e. The molecular weight excluding hydrogens is 513 g/mol. The Hall–Kier alpha value is -4.23. The highest BCUT2D eigenvalue weighted by molar-refractivity contribution is 5.77. The van der Waals surface area contributed by atoms with E-state index in [1.165, 1.54) is 33.8 Å². The van der Waals surface area contributed by atoms with Crippen molar-refractivity contribution in [3.8, 4) is 5.82 Å². The summed E-state index contributed by atoms with van der Waals surface area (Å²) >= 11 is 0. The van der Waals surface area contributed by atoms with E-state index in [2.05, 4.69) is 43.7 Å². The second kappa shape index (κ2) is 10.5. The van der Waals surface area contributed by atoms with E-state index in [0.717, 1.165) is 43.6 Å². The Labute approximate surface area is 221 Å². The number of rotatable bonds is 7. The Morgan fingerprint density at radius 1 is 1.10 bits per heavy atom. The van der Waals surface area contributed by atoms with Crippen LogP contribution in [0, 0.1) is 0 Å². The molecule has 1 atom stereocenters. The number of hydrogen-bond donors (Lipinski definition) is 2. The lowest BCUT2D eigenvalue weighted by atomic mass is 10.2. The number of nitrogens with zero attached hydrogens (tertiary/aromatic N) is 7. The van der Waals surface area contributed by atoms with Crippen LogP contribution in [-0.4, -0.2) is 73.7 Å². The lowest BCUT2D eigenvalue weighted by Crippen LogP contribution is -2.44. The highest BCUT2D eigenvalue weighted by Gasteiger charge is 2.40. The zero-order chi connectivity index (χ0) is 27.7. The summed E-state index contributed by atoms with van der Waals surface area (Å²) in [5.74, 6) is 0.164. The summed E-state index contributed by atoms with van der Waals surface area (Å²) in [5, 5.41) is 13.0. The van der Waals surface area contributed by atoms with Gasteiger partial charge in [0.05, 0.1) is 12.2 Å². The van der Waals surface area contributed by atoms with Crippen molar-refractivity contribution in [2.45, 2.75) is 18.8 Å². The van der Waals surface area contributed by atoms with Crippen molar-refractivity contribution in [1.82, 2.24) is 29.2 Å². The van der Waals surface area contributed by atoms with E-state index >= 15 is 0 Å². The molecule has 10 nitrogen and oxygen atoms in total. The first kappa shape index (κ1) is 26.4. The summed E-state index contributed by atoms with van der Waals surface area (Å²) in [4.78, 5) is 30.5. The molecule has 0 radical (unpaired) electrons. The van der Waals surface area contributed by atoms with Gasteiger partial charge in [-0.15, -0.1) is 6.58 Å². The maximum atomic E-state index is 13.1. The van der Waals surface area contributed by atoms with E-state index in [4.69, 9.17) is 0 Å². The maximum Gasteiger partial charge on any atom is 0.420 e. The van der Waals surface area contributed by atoms with E-state index in [1.807, 2.05) is 24.3 Å². The predicted octanol–water partition coefficient (Wildman–Crippen LogP) is 3.25. The quantitative estimate of drug-likeness (QED) is 0.345. The molecule has 3 aromatic heterocycles. The Bertz CT molecular complexity index is 1540. The Morgan fingerprint density at radius 3 is 2.49 bits per heavy atom. The number of anilines is 3. The van der Waals surface area contributed by atoms with Gasteiger partial charge < -0.3 is 20.2 Å². The highest BCUT2D eigenvalue weighted by atomic mass is 19.4. The van der Waals surface area contributed by atoms with Crippen molar-refractivity contribution >= 4 is 28.4 Å². The van der Waals surface area contributed by atoms with Crippen molar-refractivity contribution in [2.24, 2.45) is 0 Å². The van der Waals surface area contributed by atoms with Crippen molar-refractivity contribution < 1.29 is 18.3 Å². The van der Waals surface area contributed by atoms with Crippen LogP contribution < -0.4 is 15.8 Å². The highest BCUT2D eigenvalue weighted by Crippen LogP contribution is 2.32. The lowest BCUT2D eigenvalue weighted by molar-refractivity contribution is -0.207. The van der Waals surface area contributed by atoms with Crippen molar-refractivity contribution in [2.75, 3.05) is 43.4 Å². The van der Waals surface area contributed by atoms with Gasteiger partial charge in [0.1, 0.15) is 5.39 Å². The van der Waals surface area contributed by atoms with E-state index in [1.54, 1.807) is 0 Å². The first-order valence-electron chi connectivity index (χ1n) is 12.3. The number of aromatic nitrogens is 5. The fraction of sp³-hybridized carbons (Fsp3) is 0.308. The van der Waals surface area contributed by atoms with E-state index in [0.29, 0.717) is 0 Å². The number of likely N-dealkylation sites (N-methyl/N-ethyl adjacent to an activating group) is 1. The number of halogens is 3. The molecule has 4 heterocycles. The van der Waals surface area contributed by atoms with Gasteiger partial charge in [0.25, 0.3) is 5.56 Å². The van der Waals surface area contributed by atoms with Crippen LogP contribution in [0.3, 0.4) is 0 Å². The van der Waals surface area contributed by atoms with Crippen LogP contribution in [0.15, 0.2) is 66.1 Å². The molecule has 0 spiro atoms. The molecule has 1 fully saturated rings. The Balaban J connectivity index is 1.50. The molecule has 1 saturated heterocycles. The average Bonchev–Trinajstić information content (AvgIpc) is 3.19. The van der Waals surface area contributed by atoms with Gasteiger partial charge in [-0.05, 0) is 43.4 Å². The molecule has 0 saturated carbocycles. The number of hydrogen-bond acceptors (Lipinski definition) is 8. The lowest BCUT2D eigenvalue weighted by Gasteiger charge is -2.34. The molecule has 13 heteroatoms. The Morgan fingerprint density at radius 2 is 1.82 bits per heavy atom. The topological polar surface area (TPSA) is 104 Å². The number of alkyl halides is 3. The van der Waals surface area contributed by atoms with E-state index < -0.39 is 23.5 Å². The molecule has 0 amide bonds. The first-order chi connectivity index (χ1) is 18.7. The van der Waals surface area contributed by atoms with E-state index in [-0.39, 0.29) is 29.3 Å². The molecule has 0 aliphatic carbocycles. The molecular formula is C26H27F3N8O2. The van der Waals surface area contributed by atoms with Crippen LogP contribution in [-0.2, 0) is 6.54 Å². The van der Waals surface area contributed by atoms with Gasteiger partial charge in [-0.25, -0.2) is 19.3 Å². The number of pyridine rings is 1. The largest absolute Gasteiger partial charge is 0.420 e. The van der Waals surface area contributed by atoms with Gasteiger partial charge in [-0.1, -0.05) is 12.1 Å². The molecule has 0 unspecified atom stereocenters. The average molecular weight is 541 g/mol. The summed E-state index contributed by atoms with van der Waals surface area (Å²) in [5.41, 5.74) is 0.899. The zero-order valence-electron chi connectivity index (χ0n) is 21.1. The van der Waals surface area contributed by atoms with Gasteiger partial charge in [0.15, 0.2) is 17.6 Å². The number of fused-ring (bicyclic) bond motifs is 1. The first-order valence-corrected chi connectivity index (χ1v) is 12.3. The Kier molecular flexibility index (Phi) is 7.10. The standard InChI is InChI=1S/C26H27F3N8O2/c1-3-11-36-24(39)19-16-30-25(31-17-7-9-18(10-8-17)35-14-12-34(2)13-15-35)33-23(19)37(36)21-6-4-5-20(32-21)22(38)26(27,28)29/h3-10,16,22,38H,1,11-15H2,2H3,(H,30,31,33)/t22-/m0/s1. The molecule has 5 rings (SSSR count). The fourth-order valence-corrected chi connectivity index (χ4v) is 4.44. The minimum absolute atomic E-state index is 0.0223. The zero-order valence-corrected chi connectivity index (χ0v) is 21.1. The van der Waals surface area contributed by atoms with Gasteiger partial charge in [0, 0.05) is 43.8 Å². The van der Waals surface area contributed by atoms with Crippen LogP contribution in [0.5, 0.6) is 0 Å². The number of nitrogens with one attached hydrogen (secondary N) is 1. The number of allylic oxidation sites excluding steroid dienone is 1. The van der Waals surface area contributed by atoms with E-state index in [9.17, 15) is 23.1 Å². The second-order valence-corrected chi connectivity index (χ2v) is 9.25. The van der Waals surface area contributed by atoms with Crippen LogP contribution in [0.2, 0.25) is 0 Å². The van der Waals surface area contributed by atoms with Gasteiger partial charge in [0.2, 0.25) is 5.95 Å². The number of piperazine rings is 1. The van der Waals surface area contributed by atoms with Gasteiger partial charge in [-0.3, -0.25) is 4.79 Å². The van der Waals surface area contributed by atoms with Crippen LogP contribution in [0.25, 0.3) is 16.9 Å². The van der Waals surface area contributed by atoms with Crippen LogP contribution in [0.1, 0.15) is 11.8 Å². The van der Waals surface area contributed by atoms with Crippen molar-refractivity contribution in [3.63, 3.8) is 0 Å². The molecule has 4 aromatic rings. The predicted molar refractivity (Wildman–Crippen MR) is 142 cm³/mol. The second-order valence-electron chi connectivity index (χ2n) is 9.25. The summed E-state index contributed by atoms with van der Waals surface area (Å²) in [6.07, 6.45) is -4.85. The number of aliphatic hydroxyl groups is 1. The molecule has 204 valence electrons. The number of aliphatic hydroxyl groups excluding tert-OH is 1. The molecule has 1 aromatic carbocycles. The minimum atomic E-state index is -4.90. The summed E-state index contributed by atoms with van der Waals surface area (Å²) < 4.78 is 41.9. The SMILES string of the molecule is C=CCn1c(=O)c2cnc(Nc3ccc(N4CCN(C)CC4)cc3)nc2n1-c1cccc([C@H](O)C(F)(F)F)n1. The summed E-state index contributed by atoms with van der Waals surface area (Å²) in [6, 6.07) is 11.6. The van der Waals surface area contributed by atoms with Crippen molar-refractivity contribution in [1.29, 1.82) is 0 Å². The molecule has 0 bridgehead atoms. The summed E-state index contributed by atoms with van der Waals surface area (Å²) in [7, 11) is 2.10. The molecule has 39 heavy (non-hydrogen) atoms. The molecule has 1 aliphatic rings.